The Balaban J connectivity index is 1.66. The van der Waals surface area contributed by atoms with E-state index in [0.717, 1.165) is 12.0 Å². The number of hydrogen-bond donors (Lipinski definition) is 1. The Kier molecular flexibility index (Phi) is 6.56. The summed E-state index contributed by atoms with van der Waals surface area (Å²) in [7, 11) is 0. The van der Waals surface area contributed by atoms with Gasteiger partial charge in [-0.1, -0.05) is 59.6 Å². The zero-order valence-corrected chi connectivity index (χ0v) is 13.5. The first-order valence-electron chi connectivity index (χ1n) is 7.04. The predicted molar refractivity (Wildman–Crippen MR) is 89.7 cm³/mol. The van der Waals surface area contributed by atoms with Crippen molar-refractivity contribution in [2.45, 2.75) is 12.8 Å². The zero-order valence-electron chi connectivity index (χ0n) is 12.0. The van der Waals surface area contributed by atoms with Crippen LogP contribution >= 0.6 is 23.2 Å². The highest BCUT2D eigenvalue weighted by atomic mass is 35.5. The molecule has 0 aliphatic carbocycles. The van der Waals surface area contributed by atoms with Gasteiger partial charge in [0.1, 0.15) is 17.4 Å². The van der Waals surface area contributed by atoms with Crippen molar-refractivity contribution in [1.29, 1.82) is 0 Å². The summed E-state index contributed by atoms with van der Waals surface area (Å²) in [5, 5.41) is 3.66. The highest BCUT2D eigenvalue weighted by Gasteiger charge is 2.06. The van der Waals surface area contributed by atoms with Gasteiger partial charge in [0.25, 0.3) is 0 Å². The van der Waals surface area contributed by atoms with Crippen molar-refractivity contribution < 1.29 is 9.53 Å². The number of carbonyl (C=O) groups is 1. The van der Waals surface area contributed by atoms with Crippen molar-refractivity contribution in [3.05, 3.63) is 64.1 Å². The quantitative estimate of drug-likeness (QED) is 0.771. The van der Waals surface area contributed by atoms with Gasteiger partial charge in [-0.05, 0) is 24.1 Å². The number of nitrogens with one attached hydrogen (secondary N) is 1. The summed E-state index contributed by atoms with van der Waals surface area (Å²) in [5.74, 6) is 0.525. The minimum Gasteiger partial charge on any atom is -0.490 e. The number of ether oxygens (including phenoxy) is 1. The second-order valence-electron chi connectivity index (χ2n) is 4.74. The normalized spacial score (nSPS) is 10.3. The summed E-state index contributed by atoms with van der Waals surface area (Å²) in [6.07, 6.45) is 1.19. The fourth-order valence-corrected chi connectivity index (χ4v) is 2.28. The monoisotopic (exact) mass is 337 g/mol. The van der Waals surface area contributed by atoms with Crippen molar-refractivity contribution in [2.24, 2.45) is 0 Å². The standard InChI is InChI=1S/C17H17Cl2NO2/c18-14-7-4-8-15(17(14)19)22-12-11-20-16(21)10-9-13-5-2-1-3-6-13/h1-8H,9-12H2,(H,20,21). The topological polar surface area (TPSA) is 38.3 Å². The molecule has 0 spiro atoms. The van der Waals surface area contributed by atoms with E-state index < -0.39 is 0 Å². The molecule has 3 nitrogen and oxygen atoms in total. The van der Waals surface area contributed by atoms with E-state index in [4.69, 9.17) is 27.9 Å². The van der Waals surface area contributed by atoms with Crippen molar-refractivity contribution in [3.8, 4) is 5.75 Å². The fraction of sp³-hybridized carbons (Fsp3) is 0.235. The second kappa shape index (κ2) is 8.66. The molecule has 0 unspecified atom stereocenters. The Bertz CT molecular complexity index is 617. The van der Waals surface area contributed by atoms with Gasteiger partial charge in [0, 0.05) is 6.42 Å². The average Bonchev–Trinajstić information content (AvgIpc) is 2.54. The highest BCUT2D eigenvalue weighted by Crippen LogP contribution is 2.31. The number of amides is 1. The molecule has 2 aromatic carbocycles. The first-order chi connectivity index (χ1) is 10.7. The summed E-state index contributed by atoms with van der Waals surface area (Å²) < 4.78 is 5.50. The molecule has 0 bridgehead atoms. The minimum atomic E-state index is 0.00430. The lowest BCUT2D eigenvalue weighted by Crippen LogP contribution is -2.28. The summed E-state index contributed by atoms with van der Waals surface area (Å²) in [4.78, 5) is 11.7. The van der Waals surface area contributed by atoms with Gasteiger partial charge < -0.3 is 10.1 Å². The number of rotatable bonds is 7. The third kappa shape index (κ3) is 5.24. The van der Waals surface area contributed by atoms with E-state index in [-0.39, 0.29) is 5.91 Å². The molecule has 0 atom stereocenters. The molecular weight excluding hydrogens is 321 g/mol. The summed E-state index contributed by atoms with van der Waals surface area (Å²) in [5.41, 5.74) is 1.15. The van der Waals surface area contributed by atoms with E-state index in [2.05, 4.69) is 5.32 Å². The van der Waals surface area contributed by atoms with Gasteiger partial charge in [0.05, 0.1) is 11.6 Å². The van der Waals surface area contributed by atoms with Gasteiger partial charge in [-0.3, -0.25) is 4.79 Å². The van der Waals surface area contributed by atoms with Crippen LogP contribution in [0.3, 0.4) is 0 Å². The van der Waals surface area contributed by atoms with Crippen LogP contribution in [-0.4, -0.2) is 19.1 Å². The molecule has 0 radical (unpaired) electrons. The Morgan fingerprint density at radius 2 is 1.82 bits per heavy atom. The van der Waals surface area contributed by atoms with Crippen LogP contribution in [0.5, 0.6) is 5.75 Å². The van der Waals surface area contributed by atoms with Crippen molar-refractivity contribution in [3.63, 3.8) is 0 Å². The molecule has 0 aliphatic heterocycles. The Morgan fingerprint density at radius 3 is 2.59 bits per heavy atom. The smallest absolute Gasteiger partial charge is 0.220 e. The van der Waals surface area contributed by atoms with Gasteiger partial charge in [-0.25, -0.2) is 0 Å². The molecule has 0 saturated carbocycles. The van der Waals surface area contributed by atoms with Gasteiger partial charge >= 0.3 is 0 Å². The van der Waals surface area contributed by atoms with Crippen LogP contribution in [-0.2, 0) is 11.2 Å². The van der Waals surface area contributed by atoms with Crippen LogP contribution in [0, 0.1) is 0 Å². The highest BCUT2D eigenvalue weighted by molar-refractivity contribution is 6.42. The molecule has 0 aliphatic rings. The number of halogens is 2. The van der Waals surface area contributed by atoms with E-state index in [1.807, 2.05) is 30.3 Å². The third-order valence-corrected chi connectivity index (χ3v) is 3.88. The molecule has 22 heavy (non-hydrogen) atoms. The van der Waals surface area contributed by atoms with E-state index in [1.54, 1.807) is 18.2 Å². The maximum absolute atomic E-state index is 11.7. The van der Waals surface area contributed by atoms with E-state index >= 15 is 0 Å². The second-order valence-corrected chi connectivity index (χ2v) is 5.52. The van der Waals surface area contributed by atoms with Crippen molar-refractivity contribution in [2.75, 3.05) is 13.2 Å². The predicted octanol–water partition coefficient (Wildman–Crippen LogP) is 4.12. The maximum Gasteiger partial charge on any atom is 0.220 e. The number of hydrogen-bond acceptors (Lipinski definition) is 2. The number of benzene rings is 2. The molecular formula is C17H17Cl2NO2. The Morgan fingerprint density at radius 1 is 1.05 bits per heavy atom. The van der Waals surface area contributed by atoms with Crippen molar-refractivity contribution >= 4 is 29.1 Å². The van der Waals surface area contributed by atoms with Gasteiger partial charge in [0.15, 0.2) is 0 Å². The van der Waals surface area contributed by atoms with Gasteiger partial charge in [0.2, 0.25) is 5.91 Å². The van der Waals surface area contributed by atoms with E-state index in [0.29, 0.717) is 35.4 Å². The first kappa shape index (κ1) is 16.7. The third-order valence-electron chi connectivity index (χ3n) is 3.08. The largest absolute Gasteiger partial charge is 0.490 e. The fourth-order valence-electron chi connectivity index (χ4n) is 1.94. The SMILES string of the molecule is O=C(CCc1ccccc1)NCCOc1cccc(Cl)c1Cl. The lowest BCUT2D eigenvalue weighted by atomic mass is 10.1. The first-order valence-corrected chi connectivity index (χ1v) is 7.80. The zero-order chi connectivity index (χ0) is 15.8. The molecule has 2 aromatic rings. The van der Waals surface area contributed by atoms with Crippen LogP contribution in [0.15, 0.2) is 48.5 Å². The lowest BCUT2D eigenvalue weighted by Gasteiger charge is -2.09. The molecule has 2 rings (SSSR count). The summed E-state index contributed by atoms with van der Waals surface area (Å²) in [6, 6.07) is 15.1. The van der Waals surface area contributed by atoms with Gasteiger partial charge in [-0.2, -0.15) is 0 Å². The van der Waals surface area contributed by atoms with Crippen LogP contribution in [0.2, 0.25) is 10.0 Å². The molecule has 0 aromatic heterocycles. The van der Waals surface area contributed by atoms with Crippen molar-refractivity contribution in [1.82, 2.24) is 5.32 Å². The molecule has 5 heteroatoms. The minimum absolute atomic E-state index is 0.00430. The Hall–Kier alpha value is -1.71. The number of aryl methyl sites for hydroxylation is 1. The average molecular weight is 338 g/mol. The molecule has 0 fully saturated rings. The molecule has 0 saturated heterocycles. The molecule has 1 N–H and O–H groups in total. The lowest BCUT2D eigenvalue weighted by molar-refractivity contribution is -0.121. The molecule has 0 heterocycles. The summed E-state index contributed by atoms with van der Waals surface area (Å²) >= 11 is 11.9. The van der Waals surface area contributed by atoms with Crippen LogP contribution in [0.25, 0.3) is 0 Å². The molecule has 1 amide bonds. The van der Waals surface area contributed by atoms with E-state index in [1.165, 1.54) is 0 Å². The van der Waals surface area contributed by atoms with Crippen LogP contribution in [0.4, 0.5) is 0 Å². The number of carbonyl (C=O) groups excluding carboxylic acids is 1. The summed E-state index contributed by atoms with van der Waals surface area (Å²) in [6.45, 7) is 0.771. The maximum atomic E-state index is 11.7. The molecule has 116 valence electrons. The van der Waals surface area contributed by atoms with Crippen LogP contribution < -0.4 is 10.1 Å². The van der Waals surface area contributed by atoms with E-state index in [9.17, 15) is 4.79 Å². The van der Waals surface area contributed by atoms with Crippen LogP contribution in [0.1, 0.15) is 12.0 Å². The van der Waals surface area contributed by atoms with Gasteiger partial charge in [-0.15, -0.1) is 0 Å². The Labute approximate surface area is 140 Å².